The molecule has 0 bridgehead atoms. The van der Waals surface area contributed by atoms with Crippen LogP contribution in [0, 0.1) is 17.0 Å². The molecular weight excluding hydrogens is 234 g/mol. The highest BCUT2D eigenvalue weighted by Gasteiger charge is 2.19. The smallest absolute Gasteiger partial charge is 0.258 e. The number of alkyl halides is 1. The Hall–Kier alpha value is -0.900. The number of benzene rings is 1. The van der Waals surface area contributed by atoms with E-state index in [1.165, 1.54) is 0 Å². The highest BCUT2D eigenvalue weighted by Crippen LogP contribution is 2.32. The first kappa shape index (κ1) is 10.2. The first-order valence-electron chi connectivity index (χ1n) is 3.92. The number of para-hydroxylation sites is 1. The summed E-state index contributed by atoms with van der Waals surface area (Å²) in [6, 6.07) is 5.34. The lowest BCUT2D eigenvalue weighted by molar-refractivity contribution is -0.386. The molecule has 1 rings (SSSR count). The monoisotopic (exact) mass is 243 g/mol. The van der Waals surface area contributed by atoms with Crippen molar-refractivity contribution in [2.45, 2.75) is 18.7 Å². The maximum Gasteiger partial charge on any atom is 0.276 e. The molecule has 1 unspecified atom stereocenters. The Morgan fingerprint density at radius 1 is 1.54 bits per heavy atom. The van der Waals surface area contributed by atoms with E-state index in [9.17, 15) is 10.1 Å². The molecule has 0 aromatic heterocycles. The summed E-state index contributed by atoms with van der Waals surface area (Å²) >= 11 is 3.33. The van der Waals surface area contributed by atoms with Gasteiger partial charge < -0.3 is 0 Å². The summed E-state index contributed by atoms with van der Waals surface area (Å²) < 4.78 is 0. The molecule has 0 heterocycles. The van der Waals surface area contributed by atoms with Crippen LogP contribution in [0.5, 0.6) is 0 Å². The van der Waals surface area contributed by atoms with Crippen molar-refractivity contribution in [3.05, 3.63) is 39.4 Å². The molecule has 0 aliphatic heterocycles. The average molecular weight is 244 g/mol. The number of nitro benzene ring substituents is 1. The van der Waals surface area contributed by atoms with E-state index in [0.29, 0.717) is 5.56 Å². The lowest BCUT2D eigenvalue weighted by atomic mass is 10.1. The lowest BCUT2D eigenvalue weighted by Gasteiger charge is -2.06. The molecule has 0 amide bonds. The summed E-state index contributed by atoms with van der Waals surface area (Å²) in [7, 11) is 0. The van der Waals surface area contributed by atoms with Gasteiger partial charge in [-0.3, -0.25) is 10.1 Å². The van der Waals surface area contributed by atoms with E-state index in [2.05, 4.69) is 15.9 Å². The van der Waals surface area contributed by atoms with Crippen LogP contribution in [0.15, 0.2) is 18.2 Å². The van der Waals surface area contributed by atoms with Crippen molar-refractivity contribution >= 4 is 21.6 Å². The number of nitro groups is 1. The minimum absolute atomic E-state index is 0.00722. The molecule has 1 aromatic carbocycles. The Morgan fingerprint density at radius 2 is 2.15 bits per heavy atom. The Morgan fingerprint density at radius 3 is 2.54 bits per heavy atom. The van der Waals surface area contributed by atoms with Crippen LogP contribution in [-0.4, -0.2) is 4.92 Å². The van der Waals surface area contributed by atoms with E-state index >= 15 is 0 Å². The van der Waals surface area contributed by atoms with Crippen molar-refractivity contribution in [3.63, 3.8) is 0 Å². The van der Waals surface area contributed by atoms with Crippen molar-refractivity contribution < 1.29 is 4.92 Å². The molecule has 0 N–H and O–H groups in total. The standard InChI is InChI=1S/C9H10BrNO2/c1-6-4-3-5-8(7(2)10)9(6)11(12)13/h3-5,7H,1-2H3. The number of nitrogens with zero attached hydrogens (tertiary/aromatic N) is 1. The molecule has 1 atom stereocenters. The molecule has 0 spiro atoms. The molecule has 0 saturated carbocycles. The van der Waals surface area contributed by atoms with Crippen LogP contribution >= 0.6 is 15.9 Å². The summed E-state index contributed by atoms with van der Waals surface area (Å²) in [6.07, 6.45) is 0. The molecule has 0 radical (unpaired) electrons. The van der Waals surface area contributed by atoms with Gasteiger partial charge in [-0.15, -0.1) is 0 Å². The summed E-state index contributed by atoms with van der Waals surface area (Å²) in [5.41, 5.74) is 1.64. The second-order valence-electron chi connectivity index (χ2n) is 2.89. The van der Waals surface area contributed by atoms with Gasteiger partial charge in [0.2, 0.25) is 0 Å². The molecule has 70 valence electrons. The summed E-state index contributed by atoms with van der Waals surface area (Å²) in [5.74, 6) is 0. The first-order chi connectivity index (χ1) is 6.04. The van der Waals surface area contributed by atoms with Gasteiger partial charge in [0.05, 0.1) is 4.92 Å². The van der Waals surface area contributed by atoms with Crippen molar-refractivity contribution in [3.8, 4) is 0 Å². The highest BCUT2D eigenvalue weighted by atomic mass is 79.9. The van der Waals surface area contributed by atoms with Crippen LogP contribution in [-0.2, 0) is 0 Å². The predicted molar refractivity (Wildman–Crippen MR) is 55.2 cm³/mol. The number of halogens is 1. The third kappa shape index (κ3) is 2.06. The van der Waals surface area contributed by atoms with Gasteiger partial charge in [-0.1, -0.05) is 34.1 Å². The Kier molecular flexibility index (Phi) is 3.03. The summed E-state index contributed by atoms with van der Waals surface area (Å²) in [4.78, 5) is 10.4. The average Bonchev–Trinajstić information content (AvgIpc) is 2.02. The predicted octanol–water partition coefficient (Wildman–Crippen LogP) is 3.36. The third-order valence-corrected chi connectivity index (χ3v) is 2.37. The molecular formula is C9H10BrNO2. The first-order valence-corrected chi connectivity index (χ1v) is 4.83. The fourth-order valence-electron chi connectivity index (χ4n) is 1.25. The fraction of sp³-hybridized carbons (Fsp3) is 0.333. The van der Waals surface area contributed by atoms with Crippen molar-refractivity contribution in [1.29, 1.82) is 0 Å². The summed E-state index contributed by atoms with van der Waals surface area (Å²) in [6.45, 7) is 3.62. The zero-order valence-corrected chi connectivity index (χ0v) is 9.04. The van der Waals surface area contributed by atoms with Crippen LogP contribution in [0.3, 0.4) is 0 Å². The molecule has 1 aromatic rings. The number of hydrogen-bond donors (Lipinski definition) is 0. The van der Waals surface area contributed by atoms with Gasteiger partial charge in [-0.05, 0) is 13.8 Å². The summed E-state index contributed by atoms with van der Waals surface area (Å²) in [5, 5.41) is 10.7. The van der Waals surface area contributed by atoms with Gasteiger partial charge >= 0.3 is 0 Å². The Labute approximate surface area is 85.0 Å². The highest BCUT2D eigenvalue weighted by molar-refractivity contribution is 9.09. The van der Waals surface area contributed by atoms with E-state index in [4.69, 9.17) is 0 Å². The van der Waals surface area contributed by atoms with E-state index in [0.717, 1.165) is 5.56 Å². The van der Waals surface area contributed by atoms with Gasteiger partial charge in [0.15, 0.2) is 0 Å². The van der Waals surface area contributed by atoms with Crippen molar-refractivity contribution in [1.82, 2.24) is 0 Å². The second-order valence-corrected chi connectivity index (χ2v) is 4.26. The van der Waals surface area contributed by atoms with Gasteiger partial charge in [0.1, 0.15) is 0 Å². The maximum absolute atomic E-state index is 10.7. The molecule has 3 nitrogen and oxygen atoms in total. The number of rotatable bonds is 2. The molecule has 4 heteroatoms. The lowest BCUT2D eigenvalue weighted by Crippen LogP contribution is -1.97. The Bertz CT molecular complexity index is 336. The minimum Gasteiger partial charge on any atom is -0.258 e. The van der Waals surface area contributed by atoms with E-state index in [-0.39, 0.29) is 15.4 Å². The topological polar surface area (TPSA) is 43.1 Å². The van der Waals surface area contributed by atoms with E-state index in [1.807, 2.05) is 13.0 Å². The number of aryl methyl sites for hydroxylation is 1. The van der Waals surface area contributed by atoms with Gasteiger partial charge in [-0.25, -0.2) is 0 Å². The zero-order chi connectivity index (χ0) is 10.0. The molecule has 13 heavy (non-hydrogen) atoms. The minimum atomic E-state index is -0.331. The third-order valence-electron chi connectivity index (χ3n) is 1.88. The number of hydrogen-bond acceptors (Lipinski definition) is 2. The maximum atomic E-state index is 10.7. The largest absolute Gasteiger partial charge is 0.276 e. The van der Waals surface area contributed by atoms with Crippen LogP contribution in [0.25, 0.3) is 0 Å². The van der Waals surface area contributed by atoms with Crippen molar-refractivity contribution in [2.75, 3.05) is 0 Å². The zero-order valence-electron chi connectivity index (χ0n) is 7.45. The van der Waals surface area contributed by atoms with E-state index in [1.54, 1.807) is 19.1 Å². The normalized spacial score (nSPS) is 12.5. The molecule has 0 fully saturated rings. The van der Waals surface area contributed by atoms with Crippen LogP contribution in [0.2, 0.25) is 0 Å². The fourth-order valence-corrected chi connectivity index (χ4v) is 1.62. The van der Waals surface area contributed by atoms with Crippen molar-refractivity contribution in [2.24, 2.45) is 0 Å². The SMILES string of the molecule is Cc1cccc(C(C)Br)c1[N+](=O)[O-]. The quantitative estimate of drug-likeness (QED) is 0.454. The van der Waals surface area contributed by atoms with E-state index < -0.39 is 0 Å². The van der Waals surface area contributed by atoms with Crippen LogP contribution in [0.4, 0.5) is 5.69 Å². The molecule has 0 aliphatic rings. The van der Waals surface area contributed by atoms with Gasteiger partial charge in [0, 0.05) is 16.0 Å². The second kappa shape index (κ2) is 3.87. The van der Waals surface area contributed by atoms with Crippen LogP contribution < -0.4 is 0 Å². The molecule has 0 aliphatic carbocycles. The molecule has 0 saturated heterocycles. The van der Waals surface area contributed by atoms with Gasteiger partial charge in [-0.2, -0.15) is 0 Å². The van der Waals surface area contributed by atoms with Gasteiger partial charge in [0.25, 0.3) is 5.69 Å². The van der Waals surface area contributed by atoms with Crippen LogP contribution in [0.1, 0.15) is 22.9 Å². The Balaban J connectivity index is 3.34.